The number of fused-ring (bicyclic) bond motifs is 1. The fraction of sp³-hybridized carbons (Fsp3) is 0.467. The first-order valence-electron chi connectivity index (χ1n) is 6.37. The average Bonchev–Trinajstić information content (AvgIpc) is 2.83. The zero-order valence-electron chi connectivity index (χ0n) is 10.2. The Hall–Kier alpha value is -1.44. The molecule has 0 spiro atoms. The molecule has 2 heteroatoms. The van der Waals surface area contributed by atoms with Gasteiger partial charge in [-0.1, -0.05) is 31.4 Å². The Kier molecular flexibility index (Phi) is 2.79. The van der Waals surface area contributed by atoms with E-state index in [1.165, 1.54) is 43.1 Å². The predicted octanol–water partition coefficient (Wildman–Crippen LogP) is 4.29. The molecule has 89 valence electrons. The number of hydrogen-bond acceptors (Lipinski definition) is 2. The lowest BCUT2D eigenvalue weighted by molar-refractivity contribution is 0.409. The second-order valence-electron chi connectivity index (χ2n) is 4.79. The second-order valence-corrected chi connectivity index (χ2v) is 4.79. The van der Waals surface area contributed by atoms with Crippen molar-refractivity contribution in [1.29, 1.82) is 0 Å². The van der Waals surface area contributed by atoms with E-state index in [1.807, 2.05) is 12.1 Å². The molecule has 0 saturated heterocycles. The summed E-state index contributed by atoms with van der Waals surface area (Å²) in [4.78, 5) is 0. The minimum atomic E-state index is 0.622. The van der Waals surface area contributed by atoms with Crippen molar-refractivity contribution >= 4 is 11.0 Å². The summed E-state index contributed by atoms with van der Waals surface area (Å²) in [5.74, 6) is 1.43. The molecule has 1 saturated carbocycles. The molecular formula is C15H17O2. The molecule has 0 atom stereocenters. The standard InChI is InChI=1S/C15H17O2/c1-16-14-9-5-8-12-13(10-17-15(12)14)11-6-3-2-4-7-11/h5,8-9,11H,2-4,6-7H2,1H3. The third-order valence-electron chi connectivity index (χ3n) is 3.77. The summed E-state index contributed by atoms with van der Waals surface area (Å²) in [5, 5.41) is 1.18. The number of rotatable bonds is 2. The van der Waals surface area contributed by atoms with Crippen LogP contribution >= 0.6 is 0 Å². The third kappa shape index (κ3) is 1.82. The normalized spacial score (nSPS) is 17.5. The van der Waals surface area contributed by atoms with Gasteiger partial charge in [-0.3, -0.25) is 0 Å². The summed E-state index contributed by atoms with van der Waals surface area (Å²) in [7, 11) is 1.68. The molecule has 3 rings (SSSR count). The highest BCUT2D eigenvalue weighted by Crippen LogP contribution is 2.39. The van der Waals surface area contributed by atoms with E-state index in [2.05, 4.69) is 12.3 Å². The van der Waals surface area contributed by atoms with Gasteiger partial charge in [-0.05, 0) is 24.8 Å². The van der Waals surface area contributed by atoms with Crippen LogP contribution in [-0.2, 0) is 0 Å². The quantitative estimate of drug-likeness (QED) is 0.766. The van der Waals surface area contributed by atoms with Gasteiger partial charge in [0.25, 0.3) is 0 Å². The number of hydrogen-bond donors (Lipinski definition) is 0. The van der Waals surface area contributed by atoms with Gasteiger partial charge in [0.2, 0.25) is 0 Å². The van der Waals surface area contributed by atoms with E-state index in [9.17, 15) is 0 Å². The lowest BCUT2D eigenvalue weighted by Crippen LogP contribution is -2.03. The maximum atomic E-state index is 5.57. The Morgan fingerprint density at radius 1 is 1.24 bits per heavy atom. The van der Waals surface area contributed by atoms with E-state index >= 15 is 0 Å². The van der Waals surface area contributed by atoms with Gasteiger partial charge in [-0.15, -0.1) is 0 Å². The Morgan fingerprint density at radius 3 is 2.82 bits per heavy atom. The summed E-state index contributed by atoms with van der Waals surface area (Å²) in [6.45, 7) is 0. The first-order valence-corrected chi connectivity index (χ1v) is 6.37. The zero-order valence-corrected chi connectivity index (χ0v) is 10.2. The van der Waals surface area contributed by atoms with E-state index in [0.717, 1.165) is 11.3 Å². The Labute approximate surface area is 102 Å². The lowest BCUT2D eigenvalue weighted by Gasteiger charge is -2.20. The molecule has 1 aromatic carbocycles. The molecule has 0 bridgehead atoms. The molecule has 1 heterocycles. The van der Waals surface area contributed by atoms with E-state index in [-0.39, 0.29) is 0 Å². The van der Waals surface area contributed by atoms with E-state index in [1.54, 1.807) is 7.11 Å². The molecule has 1 aliphatic rings. The summed E-state index contributed by atoms with van der Waals surface area (Å²) < 4.78 is 10.9. The van der Waals surface area contributed by atoms with Crippen molar-refractivity contribution in [1.82, 2.24) is 0 Å². The first kappa shape index (κ1) is 10.7. The van der Waals surface area contributed by atoms with Gasteiger partial charge < -0.3 is 9.15 Å². The van der Waals surface area contributed by atoms with Crippen molar-refractivity contribution in [2.75, 3.05) is 7.11 Å². The van der Waals surface area contributed by atoms with Crippen LogP contribution in [0.1, 0.15) is 43.6 Å². The van der Waals surface area contributed by atoms with Gasteiger partial charge in [-0.25, -0.2) is 0 Å². The fourth-order valence-electron chi connectivity index (χ4n) is 2.85. The molecule has 0 N–H and O–H groups in total. The van der Waals surface area contributed by atoms with Crippen LogP contribution in [0.3, 0.4) is 0 Å². The Bertz CT molecular complexity index is 507. The molecule has 1 radical (unpaired) electrons. The van der Waals surface area contributed by atoms with Crippen molar-refractivity contribution in [2.45, 2.75) is 38.0 Å². The Balaban J connectivity index is 2.05. The molecule has 1 aliphatic carbocycles. The lowest BCUT2D eigenvalue weighted by atomic mass is 9.84. The van der Waals surface area contributed by atoms with Crippen molar-refractivity contribution in [3.8, 4) is 5.75 Å². The fourth-order valence-corrected chi connectivity index (χ4v) is 2.85. The van der Waals surface area contributed by atoms with Crippen LogP contribution in [0, 0.1) is 6.26 Å². The molecular weight excluding hydrogens is 212 g/mol. The van der Waals surface area contributed by atoms with Crippen LogP contribution in [0.15, 0.2) is 22.6 Å². The summed E-state index contributed by atoms with van der Waals surface area (Å²) in [6.07, 6.45) is 9.66. The number of benzene rings is 1. The molecule has 1 aromatic heterocycles. The van der Waals surface area contributed by atoms with Gasteiger partial charge >= 0.3 is 0 Å². The van der Waals surface area contributed by atoms with Gasteiger partial charge in [0.15, 0.2) is 17.6 Å². The summed E-state index contributed by atoms with van der Waals surface area (Å²) >= 11 is 0. The van der Waals surface area contributed by atoms with Crippen LogP contribution < -0.4 is 4.74 Å². The van der Waals surface area contributed by atoms with E-state index in [4.69, 9.17) is 9.15 Å². The van der Waals surface area contributed by atoms with E-state index < -0.39 is 0 Å². The highest BCUT2D eigenvalue weighted by atomic mass is 16.5. The smallest absolute Gasteiger partial charge is 0.177 e. The zero-order chi connectivity index (χ0) is 11.7. The van der Waals surface area contributed by atoms with Crippen LogP contribution in [0.25, 0.3) is 11.0 Å². The van der Waals surface area contributed by atoms with E-state index in [0.29, 0.717) is 5.92 Å². The Morgan fingerprint density at radius 2 is 2.06 bits per heavy atom. The number of methoxy groups -OCH3 is 1. The molecule has 0 unspecified atom stereocenters. The van der Waals surface area contributed by atoms with Crippen molar-refractivity contribution in [3.05, 3.63) is 30.0 Å². The maximum Gasteiger partial charge on any atom is 0.177 e. The van der Waals surface area contributed by atoms with Crippen LogP contribution in [0.4, 0.5) is 0 Å². The predicted molar refractivity (Wildman–Crippen MR) is 67.4 cm³/mol. The van der Waals surface area contributed by atoms with Crippen LogP contribution in [-0.4, -0.2) is 7.11 Å². The first-order chi connectivity index (χ1) is 8.40. The van der Waals surface area contributed by atoms with Crippen LogP contribution in [0.5, 0.6) is 5.75 Å². The average molecular weight is 229 g/mol. The van der Waals surface area contributed by atoms with Crippen molar-refractivity contribution < 1.29 is 9.15 Å². The largest absolute Gasteiger partial charge is 0.493 e. The number of ether oxygens (including phenoxy) is 1. The SMILES string of the molecule is COc1cccc2c(C3CCCCC3)[c]oc12. The maximum absolute atomic E-state index is 5.57. The topological polar surface area (TPSA) is 22.4 Å². The third-order valence-corrected chi connectivity index (χ3v) is 3.77. The minimum Gasteiger partial charge on any atom is -0.493 e. The highest BCUT2D eigenvalue weighted by Gasteiger charge is 2.21. The van der Waals surface area contributed by atoms with Gasteiger partial charge in [0.1, 0.15) is 0 Å². The molecule has 0 aliphatic heterocycles. The van der Waals surface area contributed by atoms with Crippen molar-refractivity contribution in [2.24, 2.45) is 0 Å². The second kappa shape index (κ2) is 4.44. The summed E-state index contributed by atoms with van der Waals surface area (Å²) in [5.41, 5.74) is 2.09. The van der Waals surface area contributed by atoms with Crippen molar-refractivity contribution in [3.63, 3.8) is 0 Å². The minimum absolute atomic E-state index is 0.622. The molecule has 2 nitrogen and oxygen atoms in total. The van der Waals surface area contributed by atoms with Gasteiger partial charge in [-0.2, -0.15) is 0 Å². The number of furan rings is 1. The molecule has 1 fully saturated rings. The van der Waals surface area contributed by atoms with Gasteiger partial charge in [0.05, 0.1) is 7.11 Å². The monoisotopic (exact) mass is 229 g/mol. The number of para-hydroxylation sites is 1. The molecule has 17 heavy (non-hydrogen) atoms. The summed E-state index contributed by atoms with van der Waals surface area (Å²) in [6, 6.07) is 6.07. The molecule has 2 aromatic rings. The highest BCUT2D eigenvalue weighted by molar-refractivity contribution is 5.86. The molecule has 0 amide bonds. The van der Waals surface area contributed by atoms with Gasteiger partial charge in [0, 0.05) is 10.9 Å². The van der Waals surface area contributed by atoms with Crippen LogP contribution in [0.2, 0.25) is 0 Å².